The lowest BCUT2D eigenvalue weighted by Crippen LogP contribution is -2.53. The Bertz CT molecular complexity index is 1100. The highest BCUT2D eigenvalue weighted by Crippen LogP contribution is 2.30. The van der Waals surface area contributed by atoms with Crippen LogP contribution >= 0.6 is 0 Å². The number of carboxylic acid groups (broad SMARTS) is 1. The summed E-state index contributed by atoms with van der Waals surface area (Å²) >= 11 is 0. The van der Waals surface area contributed by atoms with E-state index in [1.165, 1.54) is 6.07 Å². The molecule has 1 aromatic heterocycles. The van der Waals surface area contributed by atoms with E-state index in [9.17, 15) is 19.7 Å². The summed E-state index contributed by atoms with van der Waals surface area (Å²) in [5.74, 6) is -2.05. The predicted octanol–water partition coefficient (Wildman–Crippen LogP) is 1.05. The maximum Gasteiger partial charge on any atom is 0.547 e. The van der Waals surface area contributed by atoms with E-state index >= 15 is 0 Å². The third-order valence-electron chi connectivity index (χ3n) is 5.07. The van der Waals surface area contributed by atoms with Gasteiger partial charge in [0.15, 0.2) is 0 Å². The Kier molecular flexibility index (Phi) is 5.00. The molecule has 1 aliphatic heterocycles. The minimum Gasteiger partial charge on any atom is -0.534 e. The Labute approximate surface area is 167 Å². The van der Waals surface area contributed by atoms with Crippen molar-refractivity contribution in [2.75, 3.05) is 6.54 Å². The van der Waals surface area contributed by atoms with Crippen molar-refractivity contribution in [2.45, 2.75) is 18.9 Å². The van der Waals surface area contributed by atoms with E-state index in [1.807, 2.05) is 22.9 Å². The van der Waals surface area contributed by atoms with Crippen molar-refractivity contribution in [3.8, 4) is 5.75 Å². The number of carbonyl (C=O) groups excluding carboxylic acids is 1. The summed E-state index contributed by atoms with van der Waals surface area (Å²) < 4.78 is 7.41. The van der Waals surface area contributed by atoms with Crippen molar-refractivity contribution in [3.05, 3.63) is 65.4 Å². The number of aromatic carboxylic acids is 1. The van der Waals surface area contributed by atoms with Gasteiger partial charge in [-0.05, 0) is 41.6 Å². The molecule has 3 aromatic rings. The molecule has 29 heavy (non-hydrogen) atoms. The van der Waals surface area contributed by atoms with Crippen LogP contribution in [0.2, 0.25) is 0 Å². The molecule has 2 aromatic carbocycles. The first-order valence-corrected chi connectivity index (χ1v) is 9.27. The fourth-order valence-electron chi connectivity index (χ4n) is 3.63. The van der Waals surface area contributed by atoms with Gasteiger partial charge in [0.05, 0.1) is 11.5 Å². The fraction of sp³-hybridized carbons (Fsp3) is 0.200. The van der Waals surface area contributed by atoms with Gasteiger partial charge in [0, 0.05) is 30.4 Å². The number of benzene rings is 2. The fourth-order valence-corrected chi connectivity index (χ4v) is 3.63. The summed E-state index contributed by atoms with van der Waals surface area (Å²) in [5.41, 5.74) is 7.59. The minimum atomic E-state index is -1.35. The second kappa shape index (κ2) is 7.61. The molecule has 0 unspecified atom stereocenters. The van der Waals surface area contributed by atoms with Crippen molar-refractivity contribution < 1.29 is 24.4 Å². The molecule has 0 bridgehead atoms. The number of nitrogens with one attached hydrogen (secondary N) is 1. The van der Waals surface area contributed by atoms with Gasteiger partial charge in [0.2, 0.25) is 0 Å². The highest BCUT2D eigenvalue weighted by molar-refractivity contribution is 6.47. The van der Waals surface area contributed by atoms with Crippen molar-refractivity contribution in [3.63, 3.8) is 0 Å². The van der Waals surface area contributed by atoms with E-state index in [0.29, 0.717) is 24.2 Å². The van der Waals surface area contributed by atoms with Crippen molar-refractivity contribution in [2.24, 2.45) is 5.73 Å². The predicted molar refractivity (Wildman–Crippen MR) is 108 cm³/mol. The lowest BCUT2D eigenvalue weighted by molar-refractivity contribution is 0.0693. The van der Waals surface area contributed by atoms with Crippen LogP contribution in [0.1, 0.15) is 26.3 Å². The van der Waals surface area contributed by atoms with Gasteiger partial charge in [-0.3, -0.25) is 4.79 Å². The SMILES string of the molecule is NCCn1ccc2ccc(C(=O)N[C@H]3Cc4cccc(C(=O)O)c4OB3O)cc21. The number of hydrogen-bond donors (Lipinski definition) is 4. The van der Waals surface area contributed by atoms with Crippen LogP contribution in [0.25, 0.3) is 10.9 Å². The van der Waals surface area contributed by atoms with Gasteiger partial charge >= 0.3 is 13.1 Å². The Morgan fingerprint density at radius 1 is 1.28 bits per heavy atom. The molecule has 8 nitrogen and oxygen atoms in total. The summed E-state index contributed by atoms with van der Waals surface area (Å²) in [5, 5.41) is 23.4. The quantitative estimate of drug-likeness (QED) is 0.480. The van der Waals surface area contributed by atoms with E-state index in [0.717, 1.165) is 10.9 Å². The molecule has 0 aliphatic carbocycles. The Balaban J connectivity index is 1.56. The second-order valence-electron chi connectivity index (χ2n) is 6.96. The highest BCUT2D eigenvalue weighted by Gasteiger charge is 2.37. The molecule has 1 atom stereocenters. The van der Waals surface area contributed by atoms with Gasteiger partial charge in [-0.2, -0.15) is 0 Å². The van der Waals surface area contributed by atoms with Crippen LogP contribution in [-0.2, 0) is 13.0 Å². The molecule has 9 heteroatoms. The largest absolute Gasteiger partial charge is 0.547 e. The Hall–Kier alpha value is -3.30. The third-order valence-corrected chi connectivity index (χ3v) is 5.07. The standard InChI is InChI=1S/C20H20BN3O5/c22-7-9-24-8-6-12-4-5-14(10-16(12)24)19(25)23-17-11-13-2-1-3-15(20(26)27)18(13)29-21(17)28/h1-6,8,10,17,28H,7,9,11,22H2,(H,23,25)(H,26,27)/t17-/m0/s1. The molecule has 1 aliphatic rings. The topological polar surface area (TPSA) is 127 Å². The highest BCUT2D eigenvalue weighted by atomic mass is 16.5. The molecular formula is C20H20BN3O5. The van der Waals surface area contributed by atoms with Gasteiger partial charge in [-0.1, -0.05) is 18.2 Å². The van der Waals surface area contributed by atoms with Gasteiger partial charge in [-0.15, -0.1) is 0 Å². The number of para-hydroxylation sites is 1. The maximum absolute atomic E-state index is 12.8. The molecule has 4 rings (SSSR count). The number of nitrogens with zero attached hydrogens (tertiary/aromatic N) is 1. The van der Waals surface area contributed by atoms with Crippen LogP contribution < -0.4 is 15.7 Å². The smallest absolute Gasteiger partial charge is 0.534 e. The van der Waals surface area contributed by atoms with Gasteiger partial charge in [0.25, 0.3) is 5.91 Å². The lowest BCUT2D eigenvalue weighted by atomic mass is 9.72. The zero-order valence-electron chi connectivity index (χ0n) is 15.5. The summed E-state index contributed by atoms with van der Waals surface area (Å²) in [6.45, 7) is 1.13. The zero-order valence-corrected chi connectivity index (χ0v) is 15.5. The van der Waals surface area contributed by atoms with E-state index < -0.39 is 19.0 Å². The molecule has 0 saturated heterocycles. The van der Waals surface area contributed by atoms with Gasteiger partial charge < -0.3 is 30.4 Å². The van der Waals surface area contributed by atoms with Crippen LogP contribution in [0.4, 0.5) is 0 Å². The van der Waals surface area contributed by atoms with Crippen LogP contribution in [-0.4, -0.2) is 46.2 Å². The number of nitrogens with two attached hydrogens (primary N) is 1. The van der Waals surface area contributed by atoms with Crippen LogP contribution in [0.15, 0.2) is 48.7 Å². The monoisotopic (exact) mass is 393 g/mol. The van der Waals surface area contributed by atoms with Crippen molar-refractivity contribution in [1.82, 2.24) is 9.88 Å². The van der Waals surface area contributed by atoms with E-state index in [-0.39, 0.29) is 23.6 Å². The van der Waals surface area contributed by atoms with E-state index in [2.05, 4.69) is 5.32 Å². The third kappa shape index (κ3) is 3.57. The van der Waals surface area contributed by atoms with Crippen LogP contribution in [0, 0.1) is 0 Å². The summed E-state index contributed by atoms with van der Waals surface area (Å²) in [6, 6.07) is 12.1. The lowest BCUT2D eigenvalue weighted by Gasteiger charge is -2.28. The van der Waals surface area contributed by atoms with E-state index in [4.69, 9.17) is 10.4 Å². The first-order chi connectivity index (χ1) is 14.0. The number of rotatable bonds is 5. The molecule has 5 N–H and O–H groups in total. The molecule has 0 fully saturated rings. The Morgan fingerprint density at radius 2 is 2.10 bits per heavy atom. The average molecular weight is 393 g/mol. The Morgan fingerprint density at radius 3 is 2.86 bits per heavy atom. The number of hydrogen-bond acceptors (Lipinski definition) is 5. The first-order valence-electron chi connectivity index (χ1n) is 9.27. The molecular weight excluding hydrogens is 373 g/mol. The van der Waals surface area contributed by atoms with Crippen molar-refractivity contribution in [1.29, 1.82) is 0 Å². The first kappa shape index (κ1) is 19.0. The molecule has 1 amide bonds. The van der Waals surface area contributed by atoms with Crippen LogP contribution in [0.5, 0.6) is 5.75 Å². The van der Waals surface area contributed by atoms with Crippen LogP contribution in [0.3, 0.4) is 0 Å². The number of carboxylic acids is 1. The molecule has 0 radical (unpaired) electrons. The average Bonchev–Trinajstić information content (AvgIpc) is 3.10. The normalized spacial score (nSPS) is 15.7. The molecule has 2 heterocycles. The summed E-state index contributed by atoms with van der Waals surface area (Å²) in [4.78, 5) is 24.1. The number of amides is 1. The number of carbonyl (C=O) groups is 2. The van der Waals surface area contributed by atoms with Crippen molar-refractivity contribution >= 4 is 29.9 Å². The molecule has 0 saturated carbocycles. The van der Waals surface area contributed by atoms with Gasteiger partial charge in [-0.25, -0.2) is 4.79 Å². The van der Waals surface area contributed by atoms with E-state index in [1.54, 1.807) is 24.3 Å². The summed E-state index contributed by atoms with van der Waals surface area (Å²) in [6.07, 6.45) is 2.18. The molecule has 0 spiro atoms. The maximum atomic E-state index is 12.8. The second-order valence-corrected chi connectivity index (χ2v) is 6.96. The number of fused-ring (bicyclic) bond motifs is 2. The summed E-state index contributed by atoms with van der Waals surface area (Å²) in [7, 11) is -1.35. The zero-order chi connectivity index (χ0) is 20.5. The number of aromatic nitrogens is 1. The minimum absolute atomic E-state index is 0.0163. The van der Waals surface area contributed by atoms with Gasteiger partial charge in [0.1, 0.15) is 5.75 Å². The molecule has 148 valence electrons.